The Morgan fingerprint density at radius 2 is 2.18 bits per heavy atom. The van der Waals surface area contributed by atoms with E-state index < -0.39 is 0 Å². The van der Waals surface area contributed by atoms with E-state index in [4.69, 9.17) is 27.9 Å². The lowest BCUT2D eigenvalue weighted by Gasteiger charge is -2.12. The van der Waals surface area contributed by atoms with Crippen LogP contribution in [0.1, 0.15) is 19.8 Å². The van der Waals surface area contributed by atoms with Gasteiger partial charge in [-0.1, -0.05) is 23.2 Å². The molecule has 0 saturated heterocycles. The van der Waals surface area contributed by atoms with E-state index in [-0.39, 0.29) is 0 Å². The van der Waals surface area contributed by atoms with Crippen LogP contribution in [0, 0.1) is 0 Å². The molecule has 0 N–H and O–H groups in total. The summed E-state index contributed by atoms with van der Waals surface area (Å²) < 4.78 is 5.29. The lowest BCUT2D eigenvalue weighted by Crippen LogP contribution is -1.97. The molecule has 1 aliphatic carbocycles. The van der Waals surface area contributed by atoms with Crippen LogP contribution in [0.3, 0.4) is 0 Å². The van der Waals surface area contributed by atoms with E-state index in [1.54, 1.807) is 6.08 Å². The van der Waals surface area contributed by atoms with E-state index in [1.165, 1.54) is 0 Å². The zero-order valence-corrected chi connectivity index (χ0v) is 7.87. The van der Waals surface area contributed by atoms with Crippen molar-refractivity contribution < 1.29 is 4.74 Å². The minimum absolute atomic E-state index is 0.612. The van der Waals surface area contributed by atoms with E-state index in [0.29, 0.717) is 11.6 Å². The zero-order chi connectivity index (χ0) is 8.27. The molecule has 0 bridgehead atoms. The molecule has 0 aromatic carbocycles. The molecule has 0 aromatic heterocycles. The normalized spacial score (nSPS) is 18.3. The van der Waals surface area contributed by atoms with E-state index in [1.807, 2.05) is 6.92 Å². The molecule has 11 heavy (non-hydrogen) atoms. The Balaban J connectivity index is 2.64. The van der Waals surface area contributed by atoms with Gasteiger partial charge in [0.05, 0.1) is 17.4 Å². The highest BCUT2D eigenvalue weighted by Gasteiger charge is 2.10. The average molecular weight is 193 g/mol. The van der Waals surface area contributed by atoms with Gasteiger partial charge in [-0.3, -0.25) is 0 Å². The standard InChI is InChI=1S/C8H10Cl2O/c1-2-11-6-3-4-7(9)8(10)5-6/h5H,2-4H2,1H3. The highest BCUT2D eigenvalue weighted by Crippen LogP contribution is 2.29. The molecule has 0 amide bonds. The minimum Gasteiger partial charge on any atom is -0.498 e. The van der Waals surface area contributed by atoms with Crippen LogP contribution in [0.25, 0.3) is 0 Å². The number of ether oxygens (including phenoxy) is 1. The molecule has 0 spiro atoms. The van der Waals surface area contributed by atoms with Crippen LogP contribution in [0.15, 0.2) is 21.9 Å². The predicted octanol–water partition coefficient (Wildman–Crippen LogP) is 3.39. The first-order chi connectivity index (χ1) is 5.24. The molecule has 0 aromatic rings. The summed E-state index contributed by atoms with van der Waals surface area (Å²) >= 11 is 11.6. The first-order valence-electron chi connectivity index (χ1n) is 3.61. The third kappa shape index (κ3) is 2.42. The topological polar surface area (TPSA) is 9.23 Å². The number of halogens is 2. The second kappa shape index (κ2) is 4.03. The van der Waals surface area contributed by atoms with Gasteiger partial charge in [-0.25, -0.2) is 0 Å². The Kier molecular flexibility index (Phi) is 3.28. The van der Waals surface area contributed by atoms with Gasteiger partial charge in [0, 0.05) is 11.5 Å². The molecular weight excluding hydrogens is 183 g/mol. The number of hydrogen-bond donors (Lipinski definition) is 0. The molecule has 1 rings (SSSR count). The summed E-state index contributed by atoms with van der Waals surface area (Å²) in [6, 6.07) is 0. The van der Waals surface area contributed by atoms with Gasteiger partial charge in [0.25, 0.3) is 0 Å². The van der Waals surface area contributed by atoms with Crippen LogP contribution in [0.5, 0.6) is 0 Å². The van der Waals surface area contributed by atoms with Crippen LogP contribution >= 0.6 is 23.2 Å². The zero-order valence-electron chi connectivity index (χ0n) is 6.36. The predicted molar refractivity (Wildman–Crippen MR) is 47.7 cm³/mol. The van der Waals surface area contributed by atoms with Gasteiger partial charge < -0.3 is 4.74 Å². The van der Waals surface area contributed by atoms with E-state index >= 15 is 0 Å². The van der Waals surface area contributed by atoms with Crippen molar-refractivity contribution in [2.75, 3.05) is 6.61 Å². The van der Waals surface area contributed by atoms with E-state index in [2.05, 4.69) is 0 Å². The van der Waals surface area contributed by atoms with Gasteiger partial charge in [0.2, 0.25) is 0 Å². The number of hydrogen-bond acceptors (Lipinski definition) is 1. The van der Waals surface area contributed by atoms with Crippen molar-refractivity contribution in [2.24, 2.45) is 0 Å². The summed E-state index contributed by atoms with van der Waals surface area (Å²) in [7, 11) is 0. The van der Waals surface area contributed by atoms with Crippen molar-refractivity contribution in [3.8, 4) is 0 Å². The third-order valence-corrected chi connectivity index (χ3v) is 2.29. The van der Waals surface area contributed by atoms with Crippen LogP contribution < -0.4 is 0 Å². The highest BCUT2D eigenvalue weighted by atomic mass is 35.5. The molecule has 1 aliphatic rings. The molecule has 0 radical (unpaired) electrons. The molecular formula is C8H10Cl2O. The third-order valence-electron chi connectivity index (χ3n) is 1.47. The first kappa shape index (κ1) is 8.95. The second-order valence-electron chi connectivity index (χ2n) is 2.30. The van der Waals surface area contributed by atoms with Gasteiger partial charge in [0.15, 0.2) is 0 Å². The maximum absolute atomic E-state index is 5.79. The fraction of sp³-hybridized carbons (Fsp3) is 0.500. The molecule has 62 valence electrons. The first-order valence-corrected chi connectivity index (χ1v) is 4.37. The SMILES string of the molecule is CCOC1=CC(Cl)=C(Cl)CC1. The average Bonchev–Trinajstić information content (AvgIpc) is 1.98. The summed E-state index contributed by atoms with van der Waals surface area (Å²) in [5.41, 5.74) is 0. The lowest BCUT2D eigenvalue weighted by atomic mass is 10.1. The summed E-state index contributed by atoms with van der Waals surface area (Å²) in [4.78, 5) is 0. The Morgan fingerprint density at radius 1 is 1.45 bits per heavy atom. The quantitative estimate of drug-likeness (QED) is 0.653. The Labute approximate surface area is 76.6 Å². The molecule has 3 heteroatoms. The molecule has 0 atom stereocenters. The smallest absolute Gasteiger partial charge is 0.0978 e. The van der Waals surface area contributed by atoms with Gasteiger partial charge in [-0.05, 0) is 19.4 Å². The van der Waals surface area contributed by atoms with Crippen molar-refractivity contribution in [3.63, 3.8) is 0 Å². The molecule has 0 heterocycles. The number of allylic oxidation sites excluding steroid dienone is 4. The largest absolute Gasteiger partial charge is 0.498 e. The van der Waals surface area contributed by atoms with Crippen LogP contribution in [0.4, 0.5) is 0 Å². The Morgan fingerprint density at radius 3 is 2.73 bits per heavy atom. The Hall–Kier alpha value is -0.140. The highest BCUT2D eigenvalue weighted by molar-refractivity contribution is 6.40. The van der Waals surface area contributed by atoms with Crippen molar-refractivity contribution in [3.05, 3.63) is 21.9 Å². The molecule has 0 aliphatic heterocycles. The van der Waals surface area contributed by atoms with Gasteiger partial charge in [-0.15, -0.1) is 0 Å². The Bertz CT molecular complexity index is 202. The molecule has 0 saturated carbocycles. The van der Waals surface area contributed by atoms with E-state index in [0.717, 1.165) is 23.6 Å². The van der Waals surface area contributed by atoms with Crippen LogP contribution in [0.2, 0.25) is 0 Å². The van der Waals surface area contributed by atoms with Gasteiger partial charge >= 0.3 is 0 Å². The summed E-state index contributed by atoms with van der Waals surface area (Å²) in [6.45, 7) is 2.64. The number of rotatable bonds is 2. The fourth-order valence-corrected chi connectivity index (χ4v) is 1.31. The van der Waals surface area contributed by atoms with Gasteiger partial charge in [0.1, 0.15) is 0 Å². The monoisotopic (exact) mass is 192 g/mol. The van der Waals surface area contributed by atoms with Crippen LogP contribution in [-0.2, 0) is 4.74 Å². The van der Waals surface area contributed by atoms with Crippen molar-refractivity contribution in [1.29, 1.82) is 0 Å². The van der Waals surface area contributed by atoms with Crippen molar-refractivity contribution >= 4 is 23.2 Å². The maximum Gasteiger partial charge on any atom is 0.0978 e. The molecule has 0 unspecified atom stereocenters. The lowest BCUT2D eigenvalue weighted by molar-refractivity contribution is 0.217. The summed E-state index contributed by atoms with van der Waals surface area (Å²) in [6.07, 6.45) is 3.45. The van der Waals surface area contributed by atoms with E-state index in [9.17, 15) is 0 Å². The maximum atomic E-state index is 5.79. The van der Waals surface area contributed by atoms with Crippen molar-refractivity contribution in [2.45, 2.75) is 19.8 Å². The molecule has 0 fully saturated rings. The summed E-state index contributed by atoms with van der Waals surface area (Å²) in [5, 5.41) is 1.34. The van der Waals surface area contributed by atoms with Gasteiger partial charge in [-0.2, -0.15) is 0 Å². The van der Waals surface area contributed by atoms with Crippen molar-refractivity contribution in [1.82, 2.24) is 0 Å². The molecule has 1 nitrogen and oxygen atoms in total. The minimum atomic E-state index is 0.612. The fourth-order valence-electron chi connectivity index (χ4n) is 0.943. The second-order valence-corrected chi connectivity index (χ2v) is 3.16. The van der Waals surface area contributed by atoms with Crippen LogP contribution in [-0.4, -0.2) is 6.61 Å². The summed E-state index contributed by atoms with van der Waals surface area (Å²) in [5.74, 6) is 0.932.